The second kappa shape index (κ2) is 19.0. The van der Waals surface area contributed by atoms with Crippen LogP contribution in [-0.2, 0) is 9.53 Å². The predicted molar refractivity (Wildman–Crippen MR) is 109 cm³/mol. The van der Waals surface area contributed by atoms with E-state index in [2.05, 4.69) is 35.0 Å². The average Bonchev–Trinajstić information content (AvgIpc) is 2.57. The molecule has 0 aliphatic rings. The molecule has 0 aliphatic carbocycles. The van der Waals surface area contributed by atoms with Crippen molar-refractivity contribution < 1.29 is 9.53 Å². The molecular formula is C21H39BrO2. The lowest BCUT2D eigenvalue weighted by Crippen LogP contribution is -2.14. The molecule has 0 amide bonds. The number of rotatable bonds is 17. The molecule has 24 heavy (non-hydrogen) atoms. The molecule has 3 heteroatoms. The first-order chi connectivity index (χ1) is 11.7. The van der Waals surface area contributed by atoms with Crippen molar-refractivity contribution in [3.05, 3.63) is 12.2 Å². The Balaban J connectivity index is 3.14. The van der Waals surface area contributed by atoms with Crippen LogP contribution in [0.3, 0.4) is 0 Å². The van der Waals surface area contributed by atoms with E-state index in [1.807, 2.05) is 0 Å². The highest BCUT2D eigenvalue weighted by atomic mass is 79.9. The maximum Gasteiger partial charge on any atom is 0.319 e. The van der Waals surface area contributed by atoms with Crippen LogP contribution in [0.5, 0.6) is 0 Å². The molecule has 0 saturated heterocycles. The first-order valence-electron chi connectivity index (χ1n) is 10.1. The van der Waals surface area contributed by atoms with Crippen LogP contribution in [0.4, 0.5) is 0 Å². The molecule has 0 spiro atoms. The second-order valence-electron chi connectivity index (χ2n) is 6.72. The van der Waals surface area contributed by atoms with Crippen molar-refractivity contribution in [2.24, 2.45) is 0 Å². The van der Waals surface area contributed by atoms with Gasteiger partial charge >= 0.3 is 5.97 Å². The van der Waals surface area contributed by atoms with E-state index in [0.717, 1.165) is 12.8 Å². The second-order valence-corrected chi connectivity index (χ2v) is 8.09. The van der Waals surface area contributed by atoms with Gasteiger partial charge in [-0.1, -0.05) is 92.8 Å². The van der Waals surface area contributed by atoms with Gasteiger partial charge in [-0.25, -0.2) is 0 Å². The number of ether oxygens (including phenoxy) is 1. The maximum atomic E-state index is 11.2. The Hall–Kier alpha value is -0.310. The van der Waals surface area contributed by atoms with Crippen molar-refractivity contribution >= 4 is 21.9 Å². The van der Waals surface area contributed by atoms with E-state index in [9.17, 15) is 4.79 Å². The van der Waals surface area contributed by atoms with Gasteiger partial charge in [-0.3, -0.25) is 4.79 Å². The number of hydrogen-bond donors (Lipinski definition) is 0. The minimum absolute atomic E-state index is 0.150. The van der Waals surface area contributed by atoms with Crippen LogP contribution in [-0.4, -0.2) is 17.4 Å². The highest BCUT2D eigenvalue weighted by Crippen LogP contribution is 2.10. The molecule has 0 aliphatic heterocycles. The fourth-order valence-electron chi connectivity index (χ4n) is 2.64. The summed E-state index contributed by atoms with van der Waals surface area (Å²) in [5.41, 5.74) is 0. The zero-order valence-electron chi connectivity index (χ0n) is 16.0. The summed E-state index contributed by atoms with van der Waals surface area (Å²) in [7, 11) is 0. The van der Waals surface area contributed by atoms with Crippen molar-refractivity contribution in [2.45, 2.75) is 109 Å². The van der Waals surface area contributed by atoms with Crippen LogP contribution in [0.15, 0.2) is 12.2 Å². The van der Waals surface area contributed by atoms with Crippen LogP contribution < -0.4 is 0 Å². The fraction of sp³-hybridized carbons (Fsp3) is 0.857. The van der Waals surface area contributed by atoms with E-state index in [4.69, 9.17) is 4.74 Å². The standard InChI is InChI=1S/C21H39BrO2/c1-3-4-5-6-7-8-9-10-11-12-13-14-15-16-17-18-19-24-21(23)20(2)22/h10-11,20H,3-9,12-19H2,1-2H3. The first-order valence-corrected chi connectivity index (χ1v) is 11.1. The Morgan fingerprint density at radius 2 is 1.29 bits per heavy atom. The van der Waals surface area contributed by atoms with Crippen molar-refractivity contribution in [2.75, 3.05) is 6.61 Å². The summed E-state index contributed by atoms with van der Waals surface area (Å²) in [6.07, 6.45) is 22.9. The molecule has 0 aromatic rings. The van der Waals surface area contributed by atoms with E-state index < -0.39 is 0 Å². The lowest BCUT2D eigenvalue weighted by atomic mass is 10.1. The zero-order valence-corrected chi connectivity index (χ0v) is 17.6. The Morgan fingerprint density at radius 3 is 1.79 bits per heavy atom. The Bertz CT molecular complexity index is 300. The molecule has 0 fully saturated rings. The minimum Gasteiger partial charge on any atom is -0.465 e. The van der Waals surface area contributed by atoms with Gasteiger partial charge in [-0.05, 0) is 39.0 Å². The molecule has 0 rings (SSSR count). The summed E-state index contributed by atoms with van der Waals surface area (Å²) >= 11 is 3.21. The molecular weight excluding hydrogens is 364 g/mol. The maximum absolute atomic E-state index is 11.2. The van der Waals surface area contributed by atoms with E-state index in [-0.39, 0.29) is 10.8 Å². The van der Waals surface area contributed by atoms with Gasteiger partial charge in [0, 0.05) is 0 Å². The minimum atomic E-state index is -0.188. The van der Waals surface area contributed by atoms with Gasteiger partial charge < -0.3 is 4.74 Å². The van der Waals surface area contributed by atoms with E-state index in [1.165, 1.54) is 77.0 Å². The van der Waals surface area contributed by atoms with Gasteiger partial charge in [-0.15, -0.1) is 0 Å². The van der Waals surface area contributed by atoms with Crippen molar-refractivity contribution in [1.29, 1.82) is 0 Å². The molecule has 0 N–H and O–H groups in total. The molecule has 0 heterocycles. The summed E-state index contributed by atoms with van der Waals surface area (Å²) in [5, 5.41) is 0. The number of carbonyl (C=O) groups is 1. The van der Waals surface area contributed by atoms with Crippen LogP contribution >= 0.6 is 15.9 Å². The van der Waals surface area contributed by atoms with Gasteiger partial charge in [0.1, 0.15) is 4.83 Å². The summed E-state index contributed by atoms with van der Waals surface area (Å²) < 4.78 is 5.13. The van der Waals surface area contributed by atoms with E-state index >= 15 is 0 Å². The first kappa shape index (κ1) is 23.7. The van der Waals surface area contributed by atoms with Gasteiger partial charge in [0.25, 0.3) is 0 Å². The molecule has 0 bridgehead atoms. The van der Waals surface area contributed by atoms with Gasteiger partial charge in [-0.2, -0.15) is 0 Å². The van der Waals surface area contributed by atoms with Crippen molar-refractivity contribution in [1.82, 2.24) is 0 Å². The number of halogens is 1. The Kier molecular flexibility index (Phi) is 18.8. The van der Waals surface area contributed by atoms with Crippen LogP contribution in [0.2, 0.25) is 0 Å². The third-order valence-corrected chi connectivity index (χ3v) is 4.60. The SMILES string of the molecule is CCCCCCCCC=CCCCCCCCCOC(=O)C(C)Br. The normalized spacial score (nSPS) is 12.6. The smallest absolute Gasteiger partial charge is 0.319 e. The number of carbonyl (C=O) groups excluding carboxylic acids is 1. The molecule has 2 nitrogen and oxygen atoms in total. The molecule has 0 aromatic heterocycles. The molecule has 0 radical (unpaired) electrons. The summed E-state index contributed by atoms with van der Waals surface area (Å²) in [5.74, 6) is -0.150. The average molecular weight is 403 g/mol. The highest BCUT2D eigenvalue weighted by molar-refractivity contribution is 9.10. The van der Waals surface area contributed by atoms with Crippen LogP contribution in [0, 0.1) is 0 Å². The monoisotopic (exact) mass is 402 g/mol. The van der Waals surface area contributed by atoms with Crippen LogP contribution in [0.1, 0.15) is 104 Å². The quantitative estimate of drug-likeness (QED) is 0.110. The lowest BCUT2D eigenvalue weighted by molar-refractivity contribution is -0.142. The van der Waals surface area contributed by atoms with Crippen molar-refractivity contribution in [3.63, 3.8) is 0 Å². The Labute approximate surface area is 158 Å². The number of allylic oxidation sites excluding steroid dienone is 2. The van der Waals surface area contributed by atoms with Crippen molar-refractivity contribution in [3.8, 4) is 0 Å². The van der Waals surface area contributed by atoms with Gasteiger partial charge in [0.2, 0.25) is 0 Å². The third kappa shape index (κ3) is 18.0. The number of hydrogen-bond acceptors (Lipinski definition) is 2. The fourth-order valence-corrected chi connectivity index (χ4v) is 2.77. The molecule has 1 unspecified atom stereocenters. The molecule has 1 atom stereocenters. The predicted octanol–water partition coefficient (Wildman–Crippen LogP) is 7.35. The molecule has 0 aromatic carbocycles. The van der Waals surface area contributed by atoms with Gasteiger partial charge in [0.05, 0.1) is 6.61 Å². The molecule has 0 saturated carbocycles. The third-order valence-electron chi connectivity index (χ3n) is 4.23. The number of alkyl halides is 1. The topological polar surface area (TPSA) is 26.3 Å². The highest BCUT2D eigenvalue weighted by Gasteiger charge is 2.08. The lowest BCUT2D eigenvalue weighted by Gasteiger charge is -2.05. The van der Waals surface area contributed by atoms with Gasteiger partial charge in [0.15, 0.2) is 0 Å². The largest absolute Gasteiger partial charge is 0.465 e. The van der Waals surface area contributed by atoms with Crippen LogP contribution in [0.25, 0.3) is 0 Å². The summed E-state index contributed by atoms with van der Waals surface area (Å²) in [6, 6.07) is 0. The Morgan fingerprint density at radius 1 is 0.833 bits per heavy atom. The van der Waals surface area contributed by atoms with E-state index in [1.54, 1.807) is 6.92 Å². The number of esters is 1. The zero-order chi connectivity index (χ0) is 17.9. The number of unbranched alkanes of at least 4 members (excludes halogenated alkanes) is 12. The summed E-state index contributed by atoms with van der Waals surface area (Å²) in [6.45, 7) is 4.63. The van der Waals surface area contributed by atoms with E-state index in [0.29, 0.717) is 6.61 Å². The molecule has 142 valence electrons. The summed E-state index contributed by atoms with van der Waals surface area (Å²) in [4.78, 5) is 11.0.